The summed E-state index contributed by atoms with van der Waals surface area (Å²) >= 11 is 0. The van der Waals surface area contributed by atoms with Gasteiger partial charge >= 0.3 is 0 Å². The third-order valence-corrected chi connectivity index (χ3v) is 3.07. The number of rotatable bonds is 7. The molecule has 0 aliphatic rings. The predicted octanol–water partition coefficient (Wildman–Crippen LogP) is 4.00. The van der Waals surface area contributed by atoms with E-state index in [0.29, 0.717) is 6.61 Å². The molecule has 23 heavy (non-hydrogen) atoms. The van der Waals surface area contributed by atoms with Crippen LogP contribution < -0.4 is 15.4 Å². The van der Waals surface area contributed by atoms with Crippen molar-refractivity contribution in [3.8, 4) is 5.75 Å². The molecule has 0 bridgehead atoms. The normalized spacial score (nSPS) is 10.0. The standard InChI is InChI=1S/C19H22N2O2/c1-14(2)13-23-18-9-5-7-16(11-18)20-12-19(22)21-17-8-4-6-15(3)10-17/h4-11,20H,1,12-13H2,2-3H3,(H,21,22). The number of ether oxygens (including phenoxy) is 1. The maximum atomic E-state index is 12.0. The van der Waals surface area contributed by atoms with E-state index < -0.39 is 0 Å². The van der Waals surface area contributed by atoms with Crippen molar-refractivity contribution in [1.82, 2.24) is 0 Å². The maximum absolute atomic E-state index is 12.0. The molecule has 2 rings (SSSR count). The molecule has 0 radical (unpaired) electrons. The van der Waals surface area contributed by atoms with Crippen LogP contribution in [0.2, 0.25) is 0 Å². The fourth-order valence-electron chi connectivity index (χ4n) is 2.01. The Kier molecular flexibility index (Phi) is 5.80. The van der Waals surface area contributed by atoms with E-state index in [9.17, 15) is 4.79 Å². The van der Waals surface area contributed by atoms with E-state index in [1.165, 1.54) is 0 Å². The molecule has 0 saturated heterocycles. The summed E-state index contributed by atoms with van der Waals surface area (Å²) in [6.45, 7) is 8.39. The summed E-state index contributed by atoms with van der Waals surface area (Å²) in [5, 5.41) is 5.96. The van der Waals surface area contributed by atoms with Crippen molar-refractivity contribution in [3.05, 3.63) is 66.2 Å². The second-order valence-corrected chi connectivity index (χ2v) is 5.54. The van der Waals surface area contributed by atoms with Gasteiger partial charge in [-0.25, -0.2) is 0 Å². The molecule has 2 aromatic rings. The third-order valence-electron chi connectivity index (χ3n) is 3.07. The first-order valence-electron chi connectivity index (χ1n) is 7.50. The molecule has 0 atom stereocenters. The Morgan fingerprint density at radius 1 is 1.13 bits per heavy atom. The van der Waals surface area contributed by atoms with Gasteiger partial charge < -0.3 is 15.4 Å². The minimum absolute atomic E-state index is 0.0937. The van der Waals surface area contributed by atoms with Crippen LogP contribution in [0.15, 0.2) is 60.7 Å². The highest BCUT2D eigenvalue weighted by Crippen LogP contribution is 2.17. The molecule has 0 saturated carbocycles. The highest BCUT2D eigenvalue weighted by molar-refractivity contribution is 5.93. The molecule has 0 aromatic heterocycles. The second-order valence-electron chi connectivity index (χ2n) is 5.54. The van der Waals surface area contributed by atoms with Gasteiger partial charge in [-0.3, -0.25) is 4.79 Å². The summed E-state index contributed by atoms with van der Waals surface area (Å²) in [6, 6.07) is 15.2. The van der Waals surface area contributed by atoms with Gasteiger partial charge in [0.1, 0.15) is 12.4 Å². The molecular formula is C19H22N2O2. The van der Waals surface area contributed by atoms with E-state index in [1.54, 1.807) is 0 Å². The van der Waals surface area contributed by atoms with E-state index >= 15 is 0 Å². The van der Waals surface area contributed by atoms with Gasteiger partial charge in [0, 0.05) is 17.4 Å². The predicted molar refractivity (Wildman–Crippen MR) is 95.0 cm³/mol. The number of nitrogens with one attached hydrogen (secondary N) is 2. The van der Waals surface area contributed by atoms with Gasteiger partial charge in [-0.2, -0.15) is 0 Å². The fourth-order valence-corrected chi connectivity index (χ4v) is 2.01. The Labute approximate surface area is 137 Å². The smallest absolute Gasteiger partial charge is 0.243 e. The first-order chi connectivity index (χ1) is 11.0. The zero-order chi connectivity index (χ0) is 16.7. The zero-order valence-electron chi connectivity index (χ0n) is 13.6. The Morgan fingerprint density at radius 3 is 2.61 bits per heavy atom. The van der Waals surface area contributed by atoms with Crippen molar-refractivity contribution in [2.45, 2.75) is 13.8 Å². The minimum Gasteiger partial charge on any atom is -0.489 e. The molecule has 0 unspecified atom stereocenters. The Hall–Kier alpha value is -2.75. The molecule has 4 nitrogen and oxygen atoms in total. The van der Waals surface area contributed by atoms with Crippen LogP contribution in [-0.2, 0) is 4.79 Å². The number of carbonyl (C=O) groups is 1. The number of anilines is 2. The van der Waals surface area contributed by atoms with E-state index in [1.807, 2.05) is 62.4 Å². The molecule has 0 spiro atoms. The largest absolute Gasteiger partial charge is 0.489 e. The molecule has 4 heteroatoms. The maximum Gasteiger partial charge on any atom is 0.243 e. The molecule has 120 valence electrons. The number of amides is 1. The average Bonchev–Trinajstić information content (AvgIpc) is 2.51. The van der Waals surface area contributed by atoms with Gasteiger partial charge in [0.2, 0.25) is 5.91 Å². The van der Waals surface area contributed by atoms with Crippen LogP contribution in [0, 0.1) is 6.92 Å². The molecule has 0 fully saturated rings. The number of hydrogen-bond donors (Lipinski definition) is 2. The summed E-state index contributed by atoms with van der Waals surface area (Å²) < 4.78 is 5.58. The van der Waals surface area contributed by atoms with Crippen LogP contribution in [0.4, 0.5) is 11.4 Å². The van der Waals surface area contributed by atoms with Crippen molar-refractivity contribution in [3.63, 3.8) is 0 Å². The monoisotopic (exact) mass is 310 g/mol. The highest BCUT2D eigenvalue weighted by atomic mass is 16.5. The third kappa shape index (κ3) is 5.87. The Balaban J connectivity index is 1.86. The molecular weight excluding hydrogens is 288 g/mol. The van der Waals surface area contributed by atoms with Gasteiger partial charge in [-0.05, 0) is 49.2 Å². The van der Waals surface area contributed by atoms with E-state index in [4.69, 9.17) is 4.74 Å². The van der Waals surface area contributed by atoms with Crippen LogP contribution in [0.1, 0.15) is 12.5 Å². The van der Waals surface area contributed by atoms with Crippen LogP contribution in [0.3, 0.4) is 0 Å². The van der Waals surface area contributed by atoms with Gasteiger partial charge in [0.05, 0.1) is 6.54 Å². The molecule has 1 amide bonds. The number of carbonyl (C=O) groups excluding carboxylic acids is 1. The molecule has 0 aliphatic heterocycles. The SMILES string of the molecule is C=C(C)COc1cccc(NCC(=O)Nc2cccc(C)c2)c1. The van der Waals surface area contributed by atoms with Crippen molar-refractivity contribution in [2.75, 3.05) is 23.8 Å². The summed E-state index contributed by atoms with van der Waals surface area (Å²) in [6.07, 6.45) is 0. The first-order valence-corrected chi connectivity index (χ1v) is 7.50. The summed E-state index contributed by atoms with van der Waals surface area (Å²) in [4.78, 5) is 12.0. The lowest BCUT2D eigenvalue weighted by Crippen LogP contribution is -2.21. The topological polar surface area (TPSA) is 50.4 Å². The number of hydrogen-bond acceptors (Lipinski definition) is 3. The minimum atomic E-state index is -0.0937. The summed E-state index contributed by atoms with van der Waals surface area (Å²) in [5.41, 5.74) is 3.71. The fraction of sp³-hybridized carbons (Fsp3) is 0.211. The van der Waals surface area contributed by atoms with E-state index in [0.717, 1.165) is 28.3 Å². The summed E-state index contributed by atoms with van der Waals surface area (Å²) in [7, 11) is 0. The van der Waals surface area contributed by atoms with Gasteiger partial charge in [-0.15, -0.1) is 0 Å². The van der Waals surface area contributed by atoms with Gasteiger partial charge in [0.25, 0.3) is 0 Å². The summed E-state index contributed by atoms with van der Waals surface area (Å²) in [5.74, 6) is 0.654. The molecule has 0 aliphatic carbocycles. The van der Waals surface area contributed by atoms with E-state index in [2.05, 4.69) is 17.2 Å². The van der Waals surface area contributed by atoms with Crippen molar-refractivity contribution >= 4 is 17.3 Å². The lowest BCUT2D eigenvalue weighted by molar-refractivity contribution is -0.114. The quantitative estimate of drug-likeness (QED) is 0.760. The van der Waals surface area contributed by atoms with Crippen LogP contribution in [-0.4, -0.2) is 19.1 Å². The zero-order valence-corrected chi connectivity index (χ0v) is 13.6. The second kappa shape index (κ2) is 8.03. The lowest BCUT2D eigenvalue weighted by Gasteiger charge is -2.10. The first kappa shape index (κ1) is 16.6. The van der Waals surface area contributed by atoms with Crippen molar-refractivity contribution in [1.29, 1.82) is 0 Å². The molecule has 0 heterocycles. The van der Waals surface area contributed by atoms with Crippen LogP contribution in [0.5, 0.6) is 5.75 Å². The molecule has 2 N–H and O–H groups in total. The van der Waals surface area contributed by atoms with E-state index in [-0.39, 0.29) is 12.5 Å². The Morgan fingerprint density at radius 2 is 1.87 bits per heavy atom. The van der Waals surface area contributed by atoms with Crippen LogP contribution >= 0.6 is 0 Å². The van der Waals surface area contributed by atoms with Gasteiger partial charge in [-0.1, -0.05) is 24.8 Å². The van der Waals surface area contributed by atoms with Gasteiger partial charge in [0.15, 0.2) is 0 Å². The molecule has 2 aromatic carbocycles. The number of benzene rings is 2. The highest BCUT2D eigenvalue weighted by Gasteiger charge is 2.03. The van der Waals surface area contributed by atoms with Crippen molar-refractivity contribution in [2.24, 2.45) is 0 Å². The Bertz CT molecular complexity index is 695. The van der Waals surface area contributed by atoms with Crippen molar-refractivity contribution < 1.29 is 9.53 Å². The number of aryl methyl sites for hydroxylation is 1. The van der Waals surface area contributed by atoms with Crippen LogP contribution in [0.25, 0.3) is 0 Å². The average molecular weight is 310 g/mol. The lowest BCUT2D eigenvalue weighted by atomic mass is 10.2.